The molecule has 0 unspecified atom stereocenters. The van der Waals surface area contributed by atoms with Crippen LogP contribution in [0.1, 0.15) is 38.9 Å². The number of ketones is 1. The number of rotatable bonds is 2. The quantitative estimate of drug-likeness (QED) is 0.724. The Bertz CT molecular complexity index is 410. The van der Waals surface area contributed by atoms with E-state index in [4.69, 9.17) is 5.11 Å². The van der Waals surface area contributed by atoms with Crippen LogP contribution in [-0.4, -0.2) is 21.8 Å². The SMILES string of the molecule is CC(=O)c1cnc(C)c(C(=O)O)c1C. The van der Waals surface area contributed by atoms with Gasteiger partial charge in [0.1, 0.15) is 0 Å². The van der Waals surface area contributed by atoms with Crippen molar-refractivity contribution in [2.45, 2.75) is 20.8 Å². The molecule has 0 aliphatic carbocycles. The molecule has 0 aliphatic rings. The zero-order chi connectivity index (χ0) is 10.9. The number of hydrogen-bond acceptors (Lipinski definition) is 3. The summed E-state index contributed by atoms with van der Waals surface area (Å²) in [6.07, 6.45) is 1.42. The minimum absolute atomic E-state index is 0.123. The van der Waals surface area contributed by atoms with Gasteiger partial charge in [0.15, 0.2) is 5.78 Å². The van der Waals surface area contributed by atoms with Crippen LogP contribution in [0.5, 0.6) is 0 Å². The minimum atomic E-state index is -1.05. The average Bonchev–Trinajstić information content (AvgIpc) is 2.02. The van der Waals surface area contributed by atoms with E-state index in [1.54, 1.807) is 13.8 Å². The Morgan fingerprint density at radius 1 is 1.36 bits per heavy atom. The number of pyridine rings is 1. The van der Waals surface area contributed by atoms with Crippen LogP contribution in [0.2, 0.25) is 0 Å². The van der Waals surface area contributed by atoms with Crippen LogP contribution >= 0.6 is 0 Å². The molecule has 0 atom stereocenters. The molecule has 1 N–H and O–H groups in total. The van der Waals surface area contributed by atoms with Crippen LogP contribution in [0, 0.1) is 13.8 Å². The zero-order valence-electron chi connectivity index (χ0n) is 8.29. The molecule has 0 aromatic carbocycles. The third-order valence-electron chi connectivity index (χ3n) is 2.12. The second kappa shape index (κ2) is 3.57. The summed E-state index contributed by atoms with van der Waals surface area (Å²) >= 11 is 0. The Hall–Kier alpha value is -1.71. The lowest BCUT2D eigenvalue weighted by molar-refractivity contribution is 0.0695. The van der Waals surface area contributed by atoms with Crippen LogP contribution in [0.25, 0.3) is 0 Å². The average molecular weight is 193 g/mol. The topological polar surface area (TPSA) is 67.3 Å². The molecular weight excluding hydrogens is 182 g/mol. The number of nitrogens with zero attached hydrogens (tertiary/aromatic N) is 1. The maximum Gasteiger partial charge on any atom is 0.337 e. The molecule has 0 bridgehead atoms. The van der Waals surface area contributed by atoms with Gasteiger partial charge in [0.2, 0.25) is 0 Å². The highest BCUT2D eigenvalue weighted by atomic mass is 16.4. The Labute approximate surface area is 81.6 Å². The molecule has 14 heavy (non-hydrogen) atoms. The number of aromatic carboxylic acids is 1. The van der Waals surface area contributed by atoms with E-state index in [1.165, 1.54) is 13.1 Å². The molecule has 74 valence electrons. The van der Waals surface area contributed by atoms with E-state index in [-0.39, 0.29) is 11.3 Å². The molecule has 1 rings (SSSR count). The third-order valence-corrected chi connectivity index (χ3v) is 2.12. The molecule has 1 aromatic rings. The summed E-state index contributed by atoms with van der Waals surface area (Å²) in [5, 5.41) is 8.90. The maximum absolute atomic E-state index is 11.1. The number of aryl methyl sites for hydroxylation is 1. The smallest absolute Gasteiger partial charge is 0.337 e. The van der Waals surface area contributed by atoms with Crippen LogP contribution in [-0.2, 0) is 0 Å². The van der Waals surface area contributed by atoms with Crippen molar-refractivity contribution in [2.75, 3.05) is 0 Å². The first-order valence-electron chi connectivity index (χ1n) is 4.15. The zero-order valence-corrected chi connectivity index (χ0v) is 8.29. The molecule has 0 aliphatic heterocycles. The lowest BCUT2D eigenvalue weighted by Crippen LogP contribution is -2.09. The van der Waals surface area contributed by atoms with Gasteiger partial charge in [-0.1, -0.05) is 0 Å². The maximum atomic E-state index is 11.1. The van der Waals surface area contributed by atoms with Crippen molar-refractivity contribution in [3.63, 3.8) is 0 Å². The monoisotopic (exact) mass is 193 g/mol. The minimum Gasteiger partial charge on any atom is -0.478 e. The van der Waals surface area contributed by atoms with E-state index in [0.29, 0.717) is 16.8 Å². The Balaban J connectivity index is 3.49. The van der Waals surface area contributed by atoms with Crippen molar-refractivity contribution in [3.8, 4) is 0 Å². The highest BCUT2D eigenvalue weighted by Crippen LogP contribution is 2.16. The molecule has 4 heteroatoms. The normalized spacial score (nSPS) is 9.93. The van der Waals surface area contributed by atoms with Gasteiger partial charge >= 0.3 is 5.97 Å². The fourth-order valence-electron chi connectivity index (χ4n) is 1.40. The van der Waals surface area contributed by atoms with Crippen molar-refractivity contribution in [3.05, 3.63) is 28.6 Å². The van der Waals surface area contributed by atoms with Gasteiger partial charge in [-0.25, -0.2) is 4.79 Å². The summed E-state index contributed by atoms with van der Waals surface area (Å²) in [6, 6.07) is 0. The number of carboxylic acid groups (broad SMARTS) is 1. The molecule has 0 amide bonds. The van der Waals surface area contributed by atoms with E-state index >= 15 is 0 Å². The summed E-state index contributed by atoms with van der Waals surface area (Å²) in [5.74, 6) is -1.21. The van der Waals surface area contributed by atoms with E-state index in [2.05, 4.69) is 4.98 Å². The van der Waals surface area contributed by atoms with E-state index in [0.717, 1.165) is 0 Å². The highest BCUT2D eigenvalue weighted by Gasteiger charge is 2.16. The first-order chi connectivity index (χ1) is 6.45. The summed E-state index contributed by atoms with van der Waals surface area (Å²) in [5.41, 5.74) is 1.41. The van der Waals surface area contributed by atoms with Gasteiger partial charge < -0.3 is 5.11 Å². The molecule has 1 aromatic heterocycles. The number of Topliss-reactive ketones (excluding diaryl/α,β-unsaturated/α-hetero) is 1. The Morgan fingerprint density at radius 3 is 2.36 bits per heavy atom. The van der Waals surface area contributed by atoms with Crippen LogP contribution in [0.4, 0.5) is 0 Å². The second-order valence-corrected chi connectivity index (χ2v) is 3.12. The van der Waals surface area contributed by atoms with E-state index in [9.17, 15) is 9.59 Å². The predicted octanol–water partition coefficient (Wildman–Crippen LogP) is 1.60. The molecule has 1 heterocycles. The van der Waals surface area contributed by atoms with Crippen LogP contribution < -0.4 is 0 Å². The van der Waals surface area contributed by atoms with Crippen LogP contribution in [0.15, 0.2) is 6.20 Å². The van der Waals surface area contributed by atoms with Gasteiger partial charge in [-0.15, -0.1) is 0 Å². The summed E-state index contributed by atoms with van der Waals surface area (Å²) < 4.78 is 0. The summed E-state index contributed by atoms with van der Waals surface area (Å²) in [6.45, 7) is 4.63. The molecule has 0 saturated carbocycles. The molecule has 0 saturated heterocycles. The fraction of sp³-hybridized carbons (Fsp3) is 0.300. The largest absolute Gasteiger partial charge is 0.478 e. The van der Waals surface area contributed by atoms with Crippen molar-refractivity contribution >= 4 is 11.8 Å². The van der Waals surface area contributed by atoms with Gasteiger partial charge in [0.25, 0.3) is 0 Å². The number of carbonyl (C=O) groups is 2. The molecule has 0 radical (unpaired) electrons. The van der Waals surface area contributed by atoms with Crippen molar-refractivity contribution in [1.82, 2.24) is 4.98 Å². The van der Waals surface area contributed by atoms with Crippen LogP contribution in [0.3, 0.4) is 0 Å². The highest BCUT2D eigenvalue weighted by molar-refractivity contribution is 5.99. The van der Waals surface area contributed by atoms with Crippen molar-refractivity contribution in [2.24, 2.45) is 0 Å². The second-order valence-electron chi connectivity index (χ2n) is 3.12. The van der Waals surface area contributed by atoms with Gasteiger partial charge in [-0.3, -0.25) is 9.78 Å². The van der Waals surface area contributed by atoms with Gasteiger partial charge in [-0.05, 0) is 26.3 Å². The molecule has 4 nitrogen and oxygen atoms in total. The first-order valence-corrected chi connectivity index (χ1v) is 4.15. The Kier molecular flexibility index (Phi) is 2.65. The van der Waals surface area contributed by atoms with Crippen molar-refractivity contribution in [1.29, 1.82) is 0 Å². The number of aromatic nitrogens is 1. The van der Waals surface area contributed by atoms with Gasteiger partial charge in [-0.2, -0.15) is 0 Å². The number of carboxylic acids is 1. The summed E-state index contributed by atoms with van der Waals surface area (Å²) in [7, 11) is 0. The first kappa shape index (κ1) is 10.4. The standard InChI is InChI=1S/C10H11NO3/c1-5-8(7(3)12)4-11-6(2)9(5)10(13)14/h4H,1-3H3,(H,13,14). The van der Waals surface area contributed by atoms with Gasteiger partial charge in [0.05, 0.1) is 11.3 Å². The lowest BCUT2D eigenvalue weighted by atomic mass is 10.0. The lowest BCUT2D eigenvalue weighted by Gasteiger charge is -2.07. The van der Waals surface area contributed by atoms with E-state index in [1.807, 2.05) is 0 Å². The van der Waals surface area contributed by atoms with Gasteiger partial charge in [0, 0.05) is 11.8 Å². The molecule has 0 spiro atoms. The third kappa shape index (κ3) is 1.64. The number of hydrogen-bond donors (Lipinski definition) is 1. The number of carbonyl (C=O) groups excluding carboxylic acids is 1. The summed E-state index contributed by atoms with van der Waals surface area (Å²) in [4.78, 5) is 25.9. The van der Waals surface area contributed by atoms with E-state index < -0.39 is 5.97 Å². The predicted molar refractivity (Wildman–Crippen MR) is 50.7 cm³/mol. The molecule has 0 fully saturated rings. The Morgan fingerprint density at radius 2 is 1.93 bits per heavy atom. The molecular formula is C10H11NO3. The fourth-order valence-corrected chi connectivity index (χ4v) is 1.40. The van der Waals surface area contributed by atoms with Crippen molar-refractivity contribution < 1.29 is 14.7 Å².